The molecule has 1 amide bonds. The van der Waals surface area contributed by atoms with Crippen molar-refractivity contribution >= 4 is 18.3 Å². The molecular weight excluding hydrogens is 304 g/mol. The lowest BCUT2D eigenvalue weighted by atomic mass is 10.1. The molecule has 0 bridgehead atoms. The number of carbonyl (C=O) groups is 1. The molecule has 0 atom stereocenters. The maximum Gasteiger partial charge on any atom is 0.225 e. The number of para-hydroxylation sites is 2. The molecule has 6 heteroatoms. The number of hydrogen-bond donors (Lipinski definition) is 1. The summed E-state index contributed by atoms with van der Waals surface area (Å²) >= 11 is 0. The molecule has 1 aliphatic rings. The summed E-state index contributed by atoms with van der Waals surface area (Å²) in [7, 11) is 3.50. The van der Waals surface area contributed by atoms with Crippen LogP contribution in [0.15, 0.2) is 24.3 Å². The number of halogens is 1. The van der Waals surface area contributed by atoms with Crippen LogP contribution in [0, 0.1) is 0 Å². The Hall–Kier alpha value is -1.46. The van der Waals surface area contributed by atoms with Crippen molar-refractivity contribution in [3.05, 3.63) is 24.3 Å². The lowest BCUT2D eigenvalue weighted by molar-refractivity contribution is -0.132. The van der Waals surface area contributed by atoms with Gasteiger partial charge in [0.25, 0.3) is 0 Å². The van der Waals surface area contributed by atoms with E-state index in [2.05, 4.69) is 5.32 Å². The Balaban J connectivity index is 0.00000242. The van der Waals surface area contributed by atoms with Gasteiger partial charge in [0.15, 0.2) is 11.5 Å². The molecule has 2 rings (SSSR count). The second-order valence-corrected chi connectivity index (χ2v) is 5.24. The van der Waals surface area contributed by atoms with Gasteiger partial charge < -0.3 is 19.7 Å². The van der Waals surface area contributed by atoms with E-state index >= 15 is 0 Å². The van der Waals surface area contributed by atoms with E-state index in [1.54, 1.807) is 7.11 Å². The number of amides is 1. The molecule has 22 heavy (non-hydrogen) atoms. The Bertz CT molecular complexity index is 464. The molecule has 1 aliphatic heterocycles. The standard InChI is InChI=1S/C16H24N2O3.ClH/c1-18(13-7-10-17-11-8-13)16(19)9-12-21-15-6-4-3-5-14(15)20-2;/h3-6,13,17H,7-12H2,1-2H3;1H. The molecule has 1 heterocycles. The van der Waals surface area contributed by atoms with Crippen LogP contribution in [0.3, 0.4) is 0 Å². The van der Waals surface area contributed by atoms with Crippen LogP contribution in [0.5, 0.6) is 11.5 Å². The fourth-order valence-corrected chi connectivity index (χ4v) is 2.56. The quantitative estimate of drug-likeness (QED) is 0.869. The Morgan fingerprint density at radius 2 is 1.91 bits per heavy atom. The fourth-order valence-electron chi connectivity index (χ4n) is 2.56. The van der Waals surface area contributed by atoms with Gasteiger partial charge in [-0.15, -0.1) is 12.4 Å². The van der Waals surface area contributed by atoms with Crippen molar-refractivity contribution in [1.29, 1.82) is 0 Å². The van der Waals surface area contributed by atoms with Gasteiger partial charge in [-0.2, -0.15) is 0 Å². The lowest BCUT2D eigenvalue weighted by Gasteiger charge is -2.31. The topological polar surface area (TPSA) is 50.8 Å². The molecule has 0 unspecified atom stereocenters. The van der Waals surface area contributed by atoms with E-state index < -0.39 is 0 Å². The zero-order valence-electron chi connectivity index (χ0n) is 13.2. The van der Waals surface area contributed by atoms with Gasteiger partial charge in [-0.05, 0) is 38.1 Å². The second-order valence-electron chi connectivity index (χ2n) is 5.24. The highest BCUT2D eigenvalue weighted by Crippen LogP contribution is 2.25. The first-order valence-electron chi connectivity index (χ1n) is 7.44. The molecule has 124 valence electrons. The molecule has 0 aromatic heterocycles. The number of piperidine rings is 1. The summed E-state index contributed by atoms with van der Waals surface area (Å²) in [5.41, 5.74) is 0. The van der Waals surface area contributed by atoms with Crippen LogP contribution in [0.2, 0.25) is 0 Å². The predicted octanol–water partition coefficient (Wildman–Crippen LogP) is 2.10. The number of carbonyl (C=O) groups excluding carboxylic acids is 1. The fraction of sp³-hybridized carbons (Fsp3) is 0.562. The van der Waals surface area contributed by atoms with E-state index in [0.717, 1.165) is 25.9 Å². The van der Waals surface area contributed by atoms with E-state index in [1.807, 2.05) is 36.2 Å². The van der Waals surface area contributed by atoms with Gasteiger partial charge in [-0.25, -0.2) is 0 Å². The van der Waals surface area contributed by atoms with Crippen molar-refractivity contribution in [1.82, 2.24) is 10.2 Å². The highest BCUT2D eigenvalue weighted by Gasteiger charge is 2.21. The Kier molecular flexibility index (Phi) is 8.06. The summed E-state index contributed by atoms with van der Waals surface area (Å²) in [5.74, 6) is 1.51. The Morgan fingerprint density at radius 3 is 2.55 bits per heavy atom. The van der Waals surface area contributed by atoms with E-state index in [1.165, 1.54) is 0 Å². The average Bonchev–Trinajstić information content (AvgIpc) is 2.55. The van der Waals surface area contributed by atoms with E-state index in [9.17, 15) is 4.79 Å². The van der Waals surface area contributed by atoms with Crippen LogP contribution in [-0.2, 0) is 4.79 Å². The molecule has 1 aromatic carbocycles. The highest BCUT2D eigenvalue weighted by atomic mass is 35.5. The largest absolute Gasteiger partial charge is 0.493 e. The Labute approximate surface area is 138 Å². The van der Waals surface area contributed by atoms with Gasteiger partial charge in [0, 0.05) is 13.1 Å². The van der Waals surface area contributed by atoms with Gasteiger partial charge >= 0.3 is 0 Å². The van der Waals surface area contributed by atoms with Crippen LogP contribution in [-0.4, -0.2) is 50.7 Å². The maximum atomic E-state index is 12.2. The van der Waals surface area contributed by atoms with Gasteiger partial charge in [-0.3, -0.25) is 4.79 Å². The van der Waals surface area contributed by atoms with Crippen molar-refractivity contribution in [2.75, 3.05) is 33.9 Å². The first kappa shape index (κ1) is 18.6. The molecule has 5 nitrogen and oxygen atoms in total. The molecule has 1 aromatic rings. The average molecular weight is 329 g/mol. The predicted molar refractivity (Wildman–Crippen MR) is 89.0 cm³/mol. The SMILES string of the molecule is COc1ccccc1OCCC(=O)N(C)C1CCNCC1.Cl. The minimum absolute atomic E-state index is 0. The molecular formula is C16H25ClN2O3. The zero-order chi connectivity index (χ0) is 15.1. The molecule has 1 N–H and O–H groups in total. The molecule has 1 saturated heterocycles. The van der Waals surface area contributed by atoms with Gasteiger partial charge in [0.05, 0.1) is 20.1 Å². The lowest BCUT2D eigenvalue weighted by Crippen LogP contribution is -2.44. The van der Waals surface area contributed by atoms with Crippen molar-refractivity contribution < 1.29 is 14.3 Å². The third-order valence-electron chi connectivity index (χ3n) is 3.89. The first-order chi connectivity index (χ1) is 10.2. The molecule has 0 aliphatic carbocycles. The number of hydrogen-bond acceptors (Lipinski definition) is 4. The summed E-state index contributed by atoms with van der Waals surface area (Å²) in [6, 6.07) is 7.82. The number of ether oxygens (including phenoxy) is 2. The summed E-state index contributed by atoms with van der Waals surface area (Å²) in [6.07, 6.45) is 2.43. The normalized spacial score (nSPS) is 14.8. The molecule has 0 saturated carbocycles. The van der Waals surface area contributed by atoms with Crippen molar-refractivity contribution in [3.8, 4) is 11.5 Å². The smallest absolute Gasteiger partial charge is 0.225 e. The summed E-state index contributed by atoms with van der Waals surface area (Å²) in [5, 5.41) is 3.31. The number of nitrogens with one attached hydrogen (secondary N) is 1. The maximum absolute atomic E-state index is 12.2. The van der Waals surface area contributed by atoms with Gasteiger partial charge in [-0.1, -0.05) is 12.1 Å². The van der Waals surface area contributed by atoms with Crippen LogP contribution >= 0.6 is 12.4 Å². The molecule has 0 spiro atoms. The summed E-state index contributed by atoms with van der Waals surface area (Å²) < 4.78 is 10.9. The van der Waals surface area contributed by atoms with Crippen molar-refractivity contribution in [3.63, 3.8) is 0 Å². The van der Waals surface area contributed by atoms with Crippen LogP contribution in [0.1, 0.15) is 19.3 Å². The highest BCUT2D eigenvalue weighted by molar-refractivity contribution is 5.85. The number of methoxy groups -OCH3 is 1. The van der Waals surface area contributed by atoms with Crippen LogP contribution in [0.4, 0.5) is 0 Å². The summed E-state index contributed by atoms with van der Waals surface area (Å²) in [4.78, 5) is 14.0. The van der Waals surface area contributed by atoms with Crippen LogP contribution < -0.4 is 14.8 Å². The number of nitrogens with zero attached hydrogens (tertiary/aromatic N) is 1. The molecule has 1 fully saturated rings. The monoisotopic (exact) mass is 328 g/mol. The summed E-state index contributed by atoms with van der Waals surface area (Å²) in [6.45, 7) is 2.34. The third kappa shape index (κ3) is 5.07. The third-order valence-corrected chi connectivity index (χ3v) is 3.89. The van der Waals surface area contributed by atoms with Gasteiger partial charge in [0.2, 0.25) is 5.91 Å². The van der Waals surface area contributed by atoms with Crippen LogP contribution in [0.25, 0.3) is 0 Å². The van der Waals surface area contributed by atoms with E-state index in [4.69, 9.17) is 9.47 Å². The minimum Gasteiger partial charge on any atom is -0.493 e. The zero-order valence-corrected chi connectivity index (χ0v) is 14.0. The molecule has 0 radical (unpaired) electrons. The minimum atomic E-state index is 0. The number of benzene rings is 1. The Morgan fingerprint density at radius 1 is 1.27 bits per heavy atom. The van der Waals surface area contributed by atoms with Crippen molar-refractivity contribution in [2.45, 2.75) is 25.3 Å². The van der Waals surface area contributed by atoms with Gasteiger partial charge in [0.1, 0.15) is 0 Å². The number of rotatable bonds is 6. The van der Waals surface area contributed by atoms with Crippen molar-refractivity contribution in [2.24, 2.45) is 0 Å². The van der Waals surface area contributed by atoms with E-state index in [0.29, 0.717) is 30.6 Å². The first-order valence-corrected chi connectivity index (χ1v) is 7.44. The second kappa shape index (κ2) is 9.54. The van der Waals surface area contributed by atoms with E-state index in [-0.39, 0.29) is 18.3 Å².